The van der Waals surface area contributed by atoms with Crippen molar-refractivity contribution in [2.24, 2.45) is 5.41 Å². The quantitative estimate of drug-likeness (QED) is 0.479. The third-order valence-electron chi connectivity index (χ3n) is 9.10. The van der Waals surface area contributed by atoms with Gasteiger partial charge in [-0.25, -0.2) is 0 Å². The molecule has 2 N–H and O–H groups in total. The lowest BCUT2D eigenvalue weighted by Crippen LogP contribution is -2.57. The number of carbonyl (C=O) groups excluding carboxylic acids is 3. The number of hydrogen-bond acceptors (Lipinski definition) is 6. The molecular formula is C30H35F2N3O5. The molecule has 2 unspecified atom stereocenters. The second kappa shape index (κ2) is 10.9. The Morgan fingerprint density at radius 1 is 1.10 bits per heavy atom. The minimum absolute atomic E-state index is 0.120. The smallest absolute Gasteiger partial charge is 0.387 e. The minimum atomic E-state index is -2.86. The number of amides is 3. The first kappa shape index (κ1) is 28.2. The number of fused-ring (bicyclic) bond motifs is 1. The summed E-state index contributed by atoms with van der Waals surface area (Å²) >= 11 is 0. The number of carbonyl (C=O) groups is 3. The first-order chi connectivity index (χ1) is 19.1. The number of rotatable bonds is 8. The molecule has 2 atom stereocenters. The van der Waals surface area contributed by atoms with E-state index < -0.39 is 29.6 Å². The SMILES string of the molecule is CCC1(CC)CN(Cc2ccc(OC(F)F)cc2)CCC1(O)c1ccc2c(c1)CN(C1CCC(=O)NC1=O)C2=O. The summed E-state index contributed by atoms with van der Waals surface area (Å²) in [6.45, 7) is 3.44. The highest BCUT2D eigenvalue weighted by Crippen LogP contribution is 2.51. The van der Waals surface area contributed by atoms with Crippen LogP contribution in [0.25, 0.3) is 0 Å². The van der Waals surface area contributed by atoms with E-state index in [1.54, 1.807) is 30.3 Å². The molecule has 2 saturated heterocycles. The van der Waals surface area contributed by atoms with Crippen LogP contribution in [0.2, 0.25) is 0 Å². The Kier molecular flexibility index (Phi) is 7.67. The van der Waals surface area contributed by atoms with Crippen molar-refractivity contribution in [3.8, 4) is 5.75 Å². The third-order valence-corrected chi connectivity index (χ3v) is 9.10. The molecular weight excluding hydrogens is 520 g/mol. The van der Waals surface area contributed by atoms with Crippen LogP contribution in [0, 0.1) is 5.41 Å². The monoisotopic (exact) mass is 555 g/mol. The number of aliphatic hydroxyl groups is 1. The number of alkyl halides is 2. The summed E-state index contributed by atoms with van der Waals surface area (Å²) in [6.07, 6.45) is 2.45. The zero-order valence-corrected chi connectivity index (χ0v) is 22.8. The minimum Gasteiger partial charge on any atom is -0.435 e. The molecule has 3 amide bonds. The molecule has 0 aromatic heterocycles. The summed E-state index contributed by atoms with van der Waals surface area (Å²) in [5.74, 6) is -0.889. The standard InChI is InChI=1S/C30H35F2N3O5/c1-3-29(4-2)18-34(16-19-5-8-22(9-6-19)40-28(31)32)14-13-30(29,39)21-7-10-23-20(15-21)17-35(27(23)38)24-11-12-25(36)33-26(24)37/h5-10,15,24,28,39H,3-4,11-14,16-18H2,1-2H3,(H,33,36,37). The Balaban J connectivity index is 1.35. The number of imide groups is 1. The molecule has 2 aromatic carbocycles. The Bertz CT molecular complexity index is 1300. The fourth-order valence-electron chi connectivity index (χ4n) is 6.73. The Morgan fingerprint density at radius 3 is 2.48 bits per heavy atom. The number of ether oxygens (including phenoxy) is 1. The summed E-state index contributed by atoms with van der Waals surface area (Å²) in [5.41, 5.74) is 1.45. The van der Waals surface area contributed by atoms with Crippen molar-refractivity contribution >= 4 is 17.7 Å². The molecule has 214 valence electrons. The van der Waals surface area contributed by atoms with Crippen LogP contribution in [0.4, 0.5) is 8.78 Å². The van der Waals surface area contributed by atoms with Crippen molar-refractivity contribution in [3.05, 3.63) is 64.7 Å². The van der Waals surface area contributed by atoms with E-state index in [0.717, 1.165) is 29.5 Å². The number of benzene rings is 2. The summed E-state index contributed by atoms with van der Waals surface area (Å²) < 4.78 is 29.4. The Labute approximate surface area is 232 Å². The molecule has 3 aliphatic rings. The van der Waals surface area contributed by atoms with E-state index in [1.165, 1.54) is 4.90 Å². The number of nitrogens with one attached hydrogen (secondary N) is 1. The van der Waals surface area contributed by atoms with Crippen LogP contribution in [0.1, 0.15) is 73.0 Å². The van der Waals surface area contributed by atoms with E-state index >= 15 is 0 Å². The van der Waals surface area contributed by atoms with Gasteiger partial charge in [-0.15, -0.1) is 0 Å². The highest BCUT2D eigenvalue weighted by atomic mass is 19.3. The molecule has 2 fully saturated rings. The van der Waals surface area contributed by atoms with Crippen LogP contribution in [0.3, 0.4) is 0 Å². The molecule has 0 bridgehead atoms. The third kappa shape index (κ3) is 4.99. The highest BCUT2D eigenvalue weighted by Gasteiger charge is 2.53. The van der Waals surface area contributed by atoms with Gasteiger partial charge < -0.3 is 14.7 Å². The van der Waals surface area contributed by atoms with Gasteiger partial charge in [0.2, 0.25) is 11.8 Å². The predicted molar refractivity (Wildman–Crippen MR) is 142 cm³/mol. The number of halogens is 2. The van der Waals surface area contributed by atoms with Gasteiger partial charge >= 0.3 is 6.61 Å². The first-order valence-electron chi connectivity index (χ1n) is 13.9. The summed E-state index contributed by atoms with van der Waals surface area (Å²) in [4.78, 5) is 41.0. The lowest BCUT2D eigenvalue weighted by atomic mass is 9.61. The second-order valence-electron chi connectivity index (χ2n) is 11.1. The number of nitrogens with zero attached hydrogens (tertiary/aromatic N) is 2. The maximum absolute atomic E-state index is 13.2. The fraction of sp³-hybridized carbons (Fsp3) is 0.500. The predicted octanol–water partition coefficient (Wildman–Crippen LogP) is 3.95. The fourth-order valence-corrected chi connectivity index (χ4v) is 6.73. The molecule has 40 heavy (non-hydrogen) atoms. The molecule has 3 heterocycles. The highest BCUT2D eigenvalue weighted by molar-refractivity contribution is 6.05. The molecule has 0 aliphatic carbocycles. The van der Waals surface area contributed by atoms with E-state index in [9.17, 15) is 28.3 Å². The van der Waals surface area contributed by atoms with Crippen LogP contribution in [-0.2, 0) is 28.3 Å². The Morgan fingerprint density at radius 2 is 1.82 bits per heavy atom. The summed E-state index contributed by atoms with van der Waals surface area (Å²) in [7, 11) is 0. The molecule has 8 nitrogen and oxygen atoms in total. The van der Waals surface area contributed by atoms with Gasteiger partial charge in [0, 0.05) is 43.6 Å². The van der Waals surface area contributed by atoms with Gasteiger partial charge in [-0.05, 0) is 60.6 Å². The Hall–Kier alpha value is -3.37. The van der Waals surface area contributed by atoms with Gasteiger partial charge in [0.05, 0.1) is 5.60 Å². The maximum atomic E-state index is 13.2. The molecule has 0 saturated carbocycles. The van der Waals surface area contributed by atoms with Crippen LogP contribution in [0.15, 0.2) is 42.5 Å². The molecule has 3 aliphatic heterocycles. The topological polar surface area (TPSA) is 99.2 Å². The normalized spacial score (nSPS) is 24.8. The molecule has 5 rings (SSSR count). The van der Waals surface area contributed by atoms with Crippen molar-refractivity contribution in [1.29, 1.82) is 0 Å². The van der Waals surface area contributed by atoms with Gasteiger partial charge in [0.15, 0.2) is 0 Å². The lowest BCUT2D eigenvalue weighted by Gasteiger charge is -2.54. The van der Waals surface area contributed by atoms with Crippen molar-refractivity contribution in [3.63, 3.8) is 0 Å². The van der Waals surface area contributed by atoms with Crippen LogP contribution in [-0.4, -0.2) is 58.4 Å². The van der Waals surface area contributed by atoms with Crippen molar-refractivity contribution in [1.82, 2.24) is 15.1 Å². The number of likely N-dealkylation sites (tertiary alicyclic amines) is 1. The van der Waals surface area contributed by atoms with Gasteiger partial charge in [-0.1, -0.05) is 38.1 Å². The van der Waals surface area contributed by atoms with E-state index in [0.29, 0.717) is 38.0 Å². The molecule has 0 radical (unpaired) electrons. The summed E-state index contributed by atoms with van der Waals surface area (Å²) in [5, 5.41) is 14.7. The zero-order chi connectivity index (χ0) is 28.7. The average molecular weight is 556 g/mol. The van der Waals surface area contributed by atoms with Crippen molar-refractivity contribution < 1.29 is 33.0 Å². The van der Waals surface area contributed by atoms with Gasteiger partial charge in [-0.2, -0.15) is 8.78 Å². The maximum Gasteiger partial charge on any atom is 0.387 e. The van der Waals surface area contributed by atoms with Crippen molar-refractivity contribution in [2.45, 2.75) is 77.3 Å². The molecule has 2 aromatic rings. The van der Waals surface area contributed by atoms with E-state index in [1.807, 2.05) is 12.1 Å². The average Bonchev–Trinajstić information content (AvgIpc) is 3.26. The van der Waals surface area contributed by atoms with E-state index in [2.05, 4.69) is 28.8 Å². The number of hydrogen-bond donors (Lipinski definition) is 2. The second-order valence-corrected chi connectivity index (χ2v) is 11.1. The van der Waals surface area contributed by atoms with E-state index in [-0.39, 0.29) is 30.5 Å². The molecule has 10 heteroatoms. The van der Waals surface area contributed by atoms with Gasteiger partial charge in [-0.3, -0.25) is 24.6 Å². The molecule has 0 spiro atoms. The van der Waals surface area contributed by atoms with Crippen molar-refractivity contribution in [2.75, 3.05) is 13.1 Å². The van der Waals surface area contributed by atoms with Gasteiger partial charge in [0.25, 0.3) is 5.91 Å². The lowest BCUT2D eigenvalue weighted by molar-refractivity contribution is -0.148. The zero-order valence-electron chi connectivity index (χ0n) is 22.8. The van der Waals surface area contributed by atoms with E-state index in [4.69, 9.17) is 0 Å². The van der Waals surface area contributed by atoms with Crippen LogP contribution in [0.5, 0.6) is 5.75 Å². The first-order valence-corrected chi connectivity index (χ1v) is 13.9. The summed E-state index contributed by atoms with van der Waals surface area (Å²) in [6, 6.07) is 11.5. The largest absolute Gasteiger partial charge is 0.435 e. The van der Waals surface area contributed by atoms with Crippen LogP contribution < -0.4 is 10.1 Å². The number of piperidine rings is 2. The van der Waals surface area contributed by atoms with Gasteiger partial charge in [0.1, 0.15) is 11.8 Å². The van der Waals surface area contributed by atoms with Crippen LogP contribution >= 0.6 is 0 Å².